The summed E-state index contributed by atoms with van der Waals surface area (Å²) in [5.41, 5.74) is 2.10. The lowest BCUT2D eigenvalue weighted by atomic mass is 10.2. The van der Waals surface area contributed by atoms with Crippen LogP contribution in [0.1, 0.15) is 17.4 Å². The van der Waals surface area contributed by atoms with Crippen LogP contribution in [0.5, 0.6) is 0 Å². The van der Waals surface area contributed by atoms with E-state index in [0.717, 1.165) is 11.3 Å². The Balaban J connectivity index is 2.37. The van der Waals surface area contributed by atoms with Gasteiger partial charge in [-0.3, -0.25) is 4.68 Å². The molecule has 2 aromatic rings. The third-order valence-corrected chi connectivity index (χ3v) is 2.47. The van der Waals surface area contributed by atoms with Crippen molar-refractivity contribution in [1.82, 2.24) is 4.68 Å². The Morgan fingerprint density at radius 1 is 1.24 bits per heavy atom. The van der Waals surface area contributed by atoms with Gasteiger partial charge >= 0.3 is 5.97 Å². The molecule has 0 atom stereocenters. The molecule has 4 nitrogen and oxygen atoms in total. The van der Waals surface area contributed by atoms with Crippen LogP contribution < -0.4 is 5.84 Å². The molecule has 88 valence electrons. The average molecular weight is 230 g/mol. The van der Waals surface area contributed by atoms with Crippen LogP contribution in [0.25, 0.3) is 11.3 Å². The van der Waals surface area contributed by atoms with E-state index in [1.165, 1.54) is 4.68 Å². The van der Waals surface area contributed by atoms with Crippen molar-refractivity contribution in [2.24, 2.45) is 0 Å². The standard InChI is InChI=1S/C13H14N2O2/c1-2-17-13(16)12-9-8-11(15(12)14)10-6-4-3-5-7-10/h3-9H,2,14H2,1H3. The molecule has 0 bridgehead atoms. The zero-order chi connectivity index (χ0) is 12.3. The van der Waals surface area contributed by atoms with Crippen LogP contribution in [0.2, 0.25) is 0 Å². The summed E-state index contributed by atoms with van der Waals surface area (Å²) in [7, 11) is 0. The van der Waals surface area contributed by atoms with Gasteiger partial charge in [-0.15, -0.1) is 0 Å². The third kappa shape index (κ3) is 2.15. The first-order valence-corrected chi connectivity index (χ1v) is 5.43. The van der Waals surface area contributed by atoms with Crippen LogP contribution in [0, 0.1) is 0 Å². The second-order valence-corrected chi connectivity index (χ2v) is 3.56. The Morgan fingerprint density at radius 2 is 1.94 bits per heavy atom. The van der Waals surface area contributed by atoms with Gasteiger partial charge in [0, 0.05) is 5.56 Å². The fraction of sp³-hybridized carbons (Fsp3) is 0.154. The van der Waals surface area contributed by atoms with Gasteiger partial charge in [0.15, 0.2) is 0 Å². The average Bonchev–Trinajstić information content (AvgIpc) is 2.72. The van der Waals surface area contributed by atoms with Gasteiger partial charge < -0.3 is 10.6 Å². The Kier molecular flexibility index (Phi) is 3.14. The Labute approximate surface area is 99.6 Å². The number of esters is 1. The lowest BCUT2D eigenvalue weighted by Crippen LogP contribution is -2.18. The van der Waals surface area contributed by atoms with E-state index in [0.29, 0.717) is 12.3 Å². The molecule has 0 aliphatic carbocycles. The number of carbonyl (C=O) groups is 1. The van der Waals surface area contributed by atoms with E-state index in [2.05, 4.69) is 0 Å². The summed E-state index contributed by atoms with van der Waals surface area (Å²) in [5, 5.41) is 0. The van der Waals surface area contributed by atoms with Crippen molar-refractivity contribution in [2.45, 2.75) is 6.92 Å². The molecule has 0 radical (unpaired) electrons. The highest BCUT2D eigenvalue weighted by Crippen LogP contribution is 2.20. The maximum Gasteiger partial charge on any atom is 0.356 e. The van der Waals surface area contributed by atoms with E-state index in [4.69, 9.17) is 10.6 Å². The van der Waals surface area contributed by atoms with Gasteiger partial charge in [0.25, 0.3) is 0 Å². The number of hydrogen-bond donors (Lipinski definition) is 1. The SMILES string of the molecule is CCOC(=O)c1ccc(-c2ccccc2)n1N. The molecule has 4 heteroatoms. The summed E-state index contributed by atoms with van der Waals surface area (Å²) in [5.74, 6) is 5.48. The van der Waals surface area contributed by atoms with E-state index in [1.54, 1.807) is 13.0 Å². The minimum absolute atomic E-state index is 0.338. The van der Waals surface area contributed by atoms with E-state index in [-0.39, 0.29) is 0 Å². The number of benzene rings is 1. The highest BCUT2D eigenvalue weighted by atomic mass is 16.5. The van der Waals surface area contributed by atoms with E-state index >= 15 is 0 Å². The number of hydrogen-bond acceptors (Lipinski definition) is 3. The molecule has 0 fully saturated rings. The van der Waals surface area contributed by atoms with E-state index in [9.17, 15) is 4.79 Å². The lowest BCUT2D eigenvalue weighted by molar-refractivity contribution is 0.0516. The predicted molar refractivity (Wildman–Crippen MR) is 66.0 cm³/mol. The predicted octanol–water partition coefficient (Wildman–Crippen LogP) is 2.05. The lowest BCUT2D eigenvalue weighted by Gasteiger charge is -2.06. The maximum atomic E-state index is 11.6. The van der Waals surface area contributed by atoms with Crippen molar-refractivity contribution >= 4 is 5.97 Å². The van der Waals surface area contributed by atoms with Crippen molar-refractivity contribution in [3.8, 4) is 11.3 Å². The molecule has 1 heterocycles. The van der Waals surface area contributed by atoms with Gasteiger partial charge in [-0.05, 0) is 19.1 Å². The molecule has 0 amide bonds. The summed E-state index contributed by atoms with van der Waals surface area (Å²) >= 11 is 0. The molecule has 0 aliphatic heterocycles. The van der Waals surface area contributed by atoms with Crippen molar-refractivity contribution < 1.29 is 9.53 Å². The van der Waals surface area contributed by atoms with Crippen LogP contribution in [0.3, 0.4) is 0 Å². The Hall–Kier alpha value is -2.23. The number of aromatic nitrogens is 1. The molecule has 2 N–H and O–H groups in total. The van der Waals surface area contributed by atoms with Gasteiger partial charge in [0.05, 0.1) is 12.3 Å². The van der Waals surface area contributed by atoms with Crippen molar-refractivity contribution in [3.05, 3.63) is 48.2 Å². The van der Waals surface area contributed by atoms with Crippen LogP contribution in [-0.4, -0.2) is 17.3 Å². The molecule has 0 unspecified atom stereocenters. The van der Waals surface area contributed by atoms with Crippen LogP contribution in [-0.2, 0) is 4.74 Å². The number of ether oxygens (including phenoxy) is 1. The number of rotatable bonds is 3. The molecule has 0 spiro atoms. The second kappa shape index (κ2) is 4.74. The first-order chi connectivity index (χ1) is 8.24. The fourth-order valence-electron chi connectivity index (χ4n) is 1.66. The molecule has 1 aromatic heterocycles. The van der Waals surface area contributed by atoms with Crippen molar-refractivity contribution in [3.63, 3.8) is 0 Å². The van der Waals surface area contributed by atoms with Gasteiger partial charge in [-0.25, -0.2) is 4.79 Å². The van der Waals surface area contributed by atoms with Gasteiger partial charge in [0.1, 0.15) is 5.69 Å². The zero-order valence-corrected chi connectivity index (χ0v) is 9.59. The molecule has 17 heavy (non-hydrogen) atoms. The van der Waals surface area contributed by atoms with Gasteiger partial charge in [0.2, 0.25) is 0 Å². The number of nitrogens with two attached hydrogens (primary N) is 1. The summed E-state index contributed by atoms with van der Waals surface area (Å²) in [6.45, 7) is 2.10. The summed E-state index contributed by atoms with van der Waals surface area (Å²) < 4.78 is 6.27. The highest BCUT2D eigenvalue weighted by Gasteiger charge is 2.14. The Morgan fingerprint density at radius 3 is 2.59 bits per heavy atom. The quantitative estimate of drug-likeness (QED) is 0.648. The normalized spacial score (nSPS) is 10.2. The van der Waals surface area contributed by atoms with Crippen molar-refractivity contribution in [1.29, 1.82) is 0 Å². The number of nitrogen functional groups attached to an aromatic ring is 1. The Bertz CT molecular complexity index is 517. The van der Waals surface area contributed by atoms with Crippen molar-refractivity contribution in [2.75, 3.05) is 12.4 Å². The molecular formula is C13H14N2O2. The summed E-state index contributed by atoms with van der Waals surface area (Å²) in [6.07, 6.45) is 0. The van der Waals surface area contributed by atoms with Gasteiger partial charge in [-0.2, -0.15) is 0 Å². The smallest absolute Gasteiger partial charge is 0.356 e. The van der Waals surface area contributed by atoms with Gasteiger partial charge in [-0.1, -0.05) is 30.3 Å². The first-order valence-electron chi connectivity index (χ1n) is 5.43. The van der Waals surface area contributed by atoms with Crippen LogP contribution >= 0.6 is 0 Å². The summed E-state index contributed by atoms with van der Waals surface area (Å²) in [6, 6.07) is 13.1. The molecule has 0 aliphatic rings. The van der Waals surface area contributed by atoms with Crippen LogP contribution in [0.15, 0.2) is 42.5 Å². The third-order valence-electron chi connectivity index (χ3n) is 2.47. The molecule has 2 rings (SSSR count). The molecule has 0 saturated carbocycles. The maximum absolute atomic E-state index is 11.6. The fourth-order valence-corrected chi connectivity index (χ4v) is 1.66. The molecule has 1 aromatic carbocycles. The molecular weight excluding hydrogens is 216 g/mol. The van der Waals surface area contributed by atoms with E-state index in [1.807, 2.05) is 36.4 Å². The number of carbonyl (C=O) groups excluding carboxylic acids is 1. The largest absolute Gasteiger partial charge is 0.461 e. The van der Waals surface area contributed by atoms with E-state index < -0.39 is 5.97 Å². The first kappa shape index (κ1) is 11.3. The zero-order valence-electron chi connectivity index (χ0n) is 9.59. The minimum atomic E-state index is -0.405. The highest BCUT2D eigenvalue weighted by molar-refractivity contribution is 5.89. The topological polar surface area (TPSA) is 57.2 Å². The monoisotopic (exact) mass is 230 g/mol. The van der Waals surface area contributed by atoms with Crippen LogP contribution in [0.4, 0.5) is 0 Å². The molecule has 0 saturated heterocycles. The minimum Gasteiger partial charge on any atom is -0.461 e. The summed E-state index contributed by atoms with van der Waals surface area (Å²) in [4.78, 5) is 11.6. The number of nitrogens with zero attached hydrogens (tertiary/aromatic N) is 1. The second-order valence-electron chi connectivity index (χ2n) is 3.56.